The summed E-state index contributed by atoms with van der Waals surface area (Å²) in [6, 6.07) is 6.22. The summed E-state index contributed by atoms with van der Waals surface area (Å²) < 4.78 is 9.73. The molecule has 0 spiro atoms. The molecule has 0 bridgehead atoms. The summed E-state index contributed by atoms with van der Waals surface area (Å²) in [6.07, 6.45) is 0. The van der Waals surface area contributed by atoms with E-state index in [0.29, 0.717) is 5.69 Å². The molecule has 1 aromatic carbocycles. The molecule has 0 unspecified atom stereocenters. The highest BCUT2D eigenvalue weighted by atomic mass is 16.6. The minimum Gasteiger partial charge on any atom is -0.464 e. The molecule has 5 heteroatoms. The molecule has 1 aromatic rings. The minimum absolute atomic E-state index is 0.213. The second-order valence-corrected chi connectivity index (χ2v) is 3.95. The van der Waals surface area contributed by atoms with Crippen LogP contribution in [0.3, 0.4) is 0 Å². The molecular formula is C14H19NO4. The van der Waals surface area contributed by atoms with E-state index in [2.05, 4.69) is 5.32 Å². The molecule has 0 amide bonds. The van der Waals surface area contributed by atoms with Crippen LogP contribution in [0.15, 0.2) is 24.3 Å². The van der Waals surface area contributed by atoms with Gasteiger partial charge < -0.3 is 14.8 Å². The molecule has 0 atom stereocenters. The topological polar surface area (TPSA) is 64.6 Å². The van der Waals surface area contributed by atoms with Crippen molar-refractivity contribution in [2.45, 2.75) is 26.8 Å². The Morgan fingerprint density at radius 3 is 1.95 bits per heavy atom. The van der Waals surface area contributed by atoms with Gasteiger partial charge >= 0.3 is 11.9 Å². The molecule has 1 N–H and O–H groups in total. The second kappa shape index (κ2) is 7.41. The molecule has 0 saturated heterocycles. The number of hydrogen-bond acceptors (Lipinski definition) is 5. The highest BCUT2D eigenvalue weighted by Gasteiger charge is 2.29. The quantitative estimate of drug-likeness (QED) is 0.628. The molecule has 19 heavy (non-hydrogen) atoms. The Balaban J connectivity index is 2.81. The predicted molar refractivity (Wildman–Crippen MR) is 71.9 cm³/mol. The molecule has 1 rings (SSSR count). The van der Waals surface area contributed by atoms with E-state index in [-0.39, 0.29) is 13.2 Å². The lowest BCUT2D eigenvalue weighted by Gasteiger charge is -2.16. The van der Waals surface area contributed by atoms with Crippen LogP contribution in [0, 0.1) is 6.92 Å². The Hall–Kier alpha value is -2.04. The molecule has 0 aliphatic heterocycles. The summed E-state index contributed by atoms with van der Waals surface area (Å²) in [5, 5.41) is 2.83. The van der Waals surface area contributed by atoms with Crippen LogP contribution in [-0.2, 0) is 19.1 Å². The molecule has 0 aliphatic rings. The van der Waals surface area contributed by atoms with Crippen LogP contribution in [0.25, 0.3) is 0 Å². The van der Waals surface area contributed by atoms with Crippen LogP contribution >= 0.6 is 0 Å². The second-order valence-electron chi connectivity index (χ2n) is 3.95. The third-order valence-corrected chi connectivity index (χ3v) is 2.41. The summed E-state index contributed by atoms with van der Waals surface area (Å²) in [5.41, 5.74) is 1.76. The van der Waals surface area contributed by atoms with Gasteiger partial charge in [-0.3, -0.25) is 0 Å². The third-order valence-electron chi connectivity index (χ3n) is 2.41. The minimum atomic E-state index is -1.14. The van der Waals surface area contributed by atoms with E-state index < -0.39 is 18.0 Å². The van der Waals surface area contributed by atoms with Gasteiger partial charge in [0.2, 0.25) is 6.04 Å². The number of nitrogens with one attached hydrogen (secondary N) is 1. The number of esters is 2. The molecule has 5 nitrogen and oxygen atoms in total. The van der Waals surface area contributed by atoms with Gasteiger partial charge in [0, 0.05) is 5.69 Å². The Morgan fingerprint density at radius 2 is 1.53 bits per heavy atom. The van der Waals surface area contributed by atoms with Gasteiger partial charge in [0.25, 0.3) is 0 Å². The smallest absolute Gasteiger partial charge is 0.340 e. The maximum atomic E-state index is 11.7. The lowest BCUT2D eigenvalue weighted by Crippen LogP contribution is -2.40. The first kappa shape index (κ1) is 15.0. The van der Waals surface area contributed by atoms with Crippen LogP contribution in [0.1, 0.15) is 19.4 Å². The average molecular weight is 265 g/mol. The fourth-order valence-corrected chi connectivity index (χ4v) is 1.48. The lowest BCUT2D eigenvalue weighted by atomic mass is 10.2. The Kier molecular flexibility index (Phi) is 5.85. The fraction of sp³-hybridized carbons (Fsp3) is 0.429. The van der Waals surface area contributed by atoms with Gasteiger partial charge in [0.15, 0.2) is 0 Å². The molecule has 104 valence electrons. The molecule has 0 aromatic heterocycles. The first-order chi connectivity index (χ1) is 9.08. The zero-order chi connectivity index (χ0) is 14.3. The molecule has 0 heterocycles. The van der Waals surface area contributed by atoms with Crippen molar-refractivity contribution in [3.63, 3.8) is 0 Å². The number of aryl methyl sites for hydroxylation is 1. The fourth-order valence-electron chi connectivity index (χ4n) is 1.48. The van der Waals surface area contributed by atoms with Crippen LogP contribution in [0.5, 0.6) is 0 Å². The molecule has 0 aliphatic carbocycles. The maximum absolute atomic E-state index is 11.7. The molecular weight excluding hydrogens is 246 g/mol. The number of hydrogen-bond donors (Lipinski definition) is 1. The lowest BCUT2D eigenvalue weighted by molar-refractivity contribution is -0.155. The van der Waals surface area contributed by atoms with E-state index in [1.165, 1.54) is 0 Å². The average Bonchev–Trinajstić information content (AvgIpc) is 2.38. The van der Waals surface area contributed by atoms with Crippen molar-refractivity contribution >= 4 is 17.6 Å². The van der Waals surface area contributed by atoms with Gasteiger partial charge in [0.05, 0.1) is 13.2 Å². The van der Waals surface area contributed by atoms with Gasteiger partial charge in [-0.25, -0.2) is 9.59 Å². The summed E-state index contributed by atoms with van der Waals surface area (Å²) in [7, 11) is 0. The van der Waals surface area contributed by atoms with Crippen LogP contribution in [-0.4, -0.2) is 31.2 Å². The van der Waals surface area contributed by atoms with Gasteiger partial charge in [-0.1, -0.05) is 17.7 Å². The van der Waals surface area contributed by atoms with E-state index in [4.69, 9.17) is 9.47 Å². The van der Waals surface area contributed by atoms with E-state index in [9.17, 15) is 9.59 Å². The normalized spacial score (nSPS) is 10.1. The SMILES string of the molecule is CCOC(=O)C(Nc1ccc(C)cc1)C(=O)OCC. The first-order valence-corrected chi connectivity index (χ1v) is 6.25. The number of carbonyl (C=O) groups is 2. The van der Waals surface area contributed by atoms with Crippen molar-refractivity contribution in [3.05, 3.63) is 29.8 Å². The maximum Gasteiger partial charge on any atom is 0.340 e. The number of ether oxygens (including phenoxy) is 2. The van der Waals surface area contributed by atoms with Gasteiger partial charge in [-0.15, -0.1) is 0 Å². The highest BCUT2D eigenvalue weighted by Crippen LogP contribution is 2.11. The highest BCUT2D eigenvalue weighted by molar-refractivity contribution is 6.02. The van der Waals surface area contributed by atoms with Crippen molar-refractivity contribution in [1.82, 2.24) is 0 Å². The van der Waals surface area contributed by atoms with E-state index in [0.717, 1.165) is 5.56 Å². The third kappa shape index (κ3) is 4.62. The van der Waals surface area contributed by atoms with Crippen LogP contribution in [0.2, 0.25) is 0 Å². The summed E-state index contributed by atoms with van der Waals surface area (Å²) >= 11 is 0. The summed E-state index contributed by atoms with van der Waals surface area (Å²) in [5.74, 6) is -1.27. The van der Waals surface area contributed by atoms with Crippen molar-refractivity contribution in [2.75, 3.05) is 18.5 Å². The van der Waals surface area contributed by atoms with E-state index >= 15 is 0 Å². The number of carbonyl (C=O) groups excluding carboxylic acids is 2. The largest absolute Gasteiger partial charge is 0.464 e. The standard InChI is InChI=1S/C14H19NO4/c1-4-18-13(16)12(14(17)19-5-2)15-11-8-6-10(3)7-9-11/h6-9,12,15H,4-5H2,1-3H3. The zero-order valence-corrected chi connectivity index (χ0v) is 11.4. The zero-order valence-electron chi connectivity index (χ0n) is 11.4. The monoisotopic (exact) mass is 265 g/mol. The predicted octanol–water partition coefficient (Wildman–Crippen LogP) is 1.90. The Bertz CT molecular complexity index is 410. The van der Waals surface area contributed by atoms with Gasteiger partial charge in [-0.05, 0) is 32.9 Å². The number of rotatable bonds is 6. The summed E-state index contributed by atoms with van der Waals surface area (Å²) in [6.45, 7) is 5.75. The van der Waals surface area contributed by atoms with Crippen molar-refractivity contribution in [2.24, 2.45) is 0 Å². The van der Waals surface area contributed by atoms with Crippen molar-refractivity contribution in [3.8, 4) is 0 Å². The Labute approximate surface area is 112 Å². The van der Waals surface area contributed by atoms with Gasteiger partial charge in [-0.2, -0.15) is 0 Å². The van der Waals surface area contributed by atoms with Crippen LogP contribution < -0.4 is 5.32 Å². The molecule has 0 saturated carbocycles. The molecule has 0 radical (unpaired) electrons. The Morgan fingerprint density at radius 1 is 1.05 bits per heavy atom. The van der Waals surface area contributed by atoms with Crippen molar-refractivity contribution < 1.29 is 19.1 Å². The number of anilines is 1. The first-order valence-electron chi connectivity index (χ1n) is 6.25. The summed E-state index contributed by atoms with van der Waals surface area (Å²) in [4.78, 5) is 23.5. The van der Waals surface area contributed by atoms with Crippen molar-refractivity contribution in [1.29, 1.82) is 0 Å². The van der Waals surface area contributed by atoms with Crippen LogP contribution in [0.4, 0.5) is 5.69 Å². The van der Waals surface area contributed by atoms with E-state index in [1.807, 2.05) is 19.1 Å². The van der Waals surface area contributed by atoms with E-state index in [1.54, 1.807) is 26.0 Å². The number of benzene rings is 1. The molecule has 0 fully saturated rings. The van der Waals surface area contributed by atoms with Gasteiger partial charge in [0.1, 0.15) is 0 Å².